The molecule has 2 amide bonds. The number of para-hydroxylation sites is 2. The van der Waals surface area contributed by atoms with Gasteiger partial charge < -0.3 is 24.3 Å². The summed E-state index contributed by atoms with van der Waals surface area (Å²) in [6.45, 7) is 0.265. The van der Waals surface area contributed by atoms with Gasteiger partial charge in [-0.25, -0.2) is 0 Å². The fourth-order valence-electron chi connectivity index (χ4n) is 3.88. The molecule has 0 fully saturated rings. The van der Waals surface area contributed by atoms with Crippen molar-refractivity contribution >= 4 is 23.6 Å². The fourth-order valence-corrected chi connectivity index (χ4v) is 3.88. The Bertz CT molecular complexity index is 1290. The largest absolute Gasteiger partial charge is 0.497 e. The number of carbonyl (C=O) groups is 2. The highest BCUT2D eigenvalue weighted by molar-refractivity contribution is 6.12. The summed E-state index contributed by atoms with van der Waals surface area (Å²) in [4.78, 5) is 27.5. The first-order valence-corrected chi connectivity index (χ1v) is 11.4. The van der Waals surface area contributed by atoms with Crippen LogP contribution < -0.4 is 29.2 Å². The van der Waals surface area contributed by atoms with E-state index in [1.165, 1.54) is 4.90 Å². The van der Waals surface area contributed by atoms with E-state index in [1.54, 1.807) is 51.7 Å². The zero-order valence-corrected chi connectivity index (χ0v) is 20.4. The molecule has 36 heavy (non-hydrogen) atoms. The molecule has 186 valence electrons. The third-order valence-corrected chi connectivity index (χ3v) is 5.71. The van der Waals surface area contributed by atoms with Crippen LogP contribution in [0.25, 0.3) is 6.08 Å². The SMILES string of the molecule is COc1cccc(C=C2Oc3ccccc3N(CC(=O)NCCc3ccc(OC)c(OC)c3)C2=O)c1. The summed E-state index contributed by atoms with van der Waals surface area (Å²) in [5.41, 5.74) is 2.28. The van der Waals surface area contributed by atoms with E-state index in [0.29, 0.717) is 41.7 Å². The molecule has 3 aromatic rings. The number of hydrogen-bond donors (Lipinski definition) is 1. The van der Waals surface area contributed by atoms with Crippen LogP contribution in [0.1, 0.15) is 11.1 Å². The standard InChI is InChI=1S/C28H28N2O6/c1-33-21-8-6-7-20(15-21)17-26-28(32)30(22-9-4-5-10-23(22)36-26)18-27(31)29-14-13-19-11-12-24(34-2)25(16-19)35-3/h4-12,15-17H,13-14,18H2,1-3H3,(H,29,31). The van der Waals surface area contributed by atoms with Crippen LogP contribution in [0.5, 0.6) is 23.0 Å². The van der Waals surface area contributed by atoms with Gasteiger partial charge >= 0.3 is 0 Å². The van der Waals surface area contributed by atoms with Gasteiger partial charge in [-0.15, -0.1) is 0 Å². The van der Waals surface area contributed by atoms with Gasteiger partial charge in [-0.1, -0.05) is 30.3 Å². The number of nitrogens with one attached hydrogen (secondary N) is 1. The van der Waals surface area contributed by atoms with Crippen LogP contribution in [0, 0.1) is 0 Å². The molecule has 1 heterocycles. The number of ether oxygens (including phenoxy) is 4. The first-order chi connectivity index (χ1) is 17.5. The molecule has 8 heteroatoms. The number of carbonyl (C=O) groups excluding carboxylic acids is 2. The normalized spacial score (nSPS) is 13.6. The molecule has 0 bridgehead atoms. The molecule has 1 aliphatic heterocycles. The van der Waals surface area contributed by atoms with Crippen LogP contribution in [0.15, 0.2) is 72.5 Å². The summed E-state index contributed by atoms with van der Waals surface area (Å²) in [5.74, 6) is 1.90. The molecule has 8 nitrogen and oxygen atoms in total. The summed E-state index contributed by atoms with van der Waals surface area (Å²) >= 11 is 0. The van der Waals surface area contributed by atoms with Crippen LogP contribution in [-0.2, 0) is 16.0 Å². The Kier molecular flexibility index (Phi) is 7.75. The monoisotopic (exact) mass is 488 g/mol. The maximum Gasteiger partial charge on any atom is 0.294 e. The van der Waals surface area contributed by atoms with Crippen LogP contribution in [-0.4, -0.2) is 46.2 Å². The third kappa shape index (κ3) is 5.60. The lowest BCUT2D eigenvalue weighted by molar-refractivity contribution is -0.123. The van der Waals surface area contributed by atoms with Crippen molar-refractivity contribution in [1.29, 1.82) is 0 Å². The Morgan fingerprint density at radius 1 is 0.944 bits per heavy atom. The van der Waals surface area contributed by atoms with Gasteiger partial charge in [0.15, 0.2) is 23.0 Å². The predicted molar refractivity (Wildman–Crippen MR) is 137 cm³/mol. The maximum absolute atomic E-state index is 13.3. The van der Waals surface area contributed by atoms with Crippen molar-refractivity contribution in [3.05, 3.63) is 83.6 Å². The molecular formula is C28H28N2O6. The van der Waals surface area contributed by atoms with Crippen molar-refractivity contribution in [3.63, 3.8) is 0 Å². The molecule has 1 N–H and O–H groups in total. The van der Waals surface area contributed by atoms with Crippen LogP contribution >= 0.6 is 0 Å². The zero-order valence-electron chi connectivity index (χ0n) is 20.4. The van der Waals surface area contributed by atoms with Gasteiger partial charge in [0.2, 0.25) is 5.91 Å². The molecule has 0 saturated heterocycles. The number of hydrogen-bond acceptors (Lipinski definition) is 6. The number of benzene rings is 3. The highest BCUT2D eigenvalue weighted by Gasteiger charge is 2.31. The molecule has 0 saturated carbocycles. The van der Waals surface area contributed by atoms with E-state index in [0.717, 1.165) is 11.1 Å². The lowest BCUT2D eigenvalue weighted by Gasteiger charge is -2.30. The minimum Gasteiger partial charge on any atom is -0.497 e. The molecule has 3 aromatic carbocycles. The first-order valence-electron chi connectivity index (χ1n) is 11.4. The second kappa shape index (κ2) is 11.3. The Balaban J connectivity index is 1.46. The van der Waals surface area contributed by atoms with Gasteiger partial charge in [0.05, 0.1) is 27.0 Å². The van der Waals surface area contributed by atoms with Gasteiger partial charge in [0.1, 0.15) is 12.3 Å². The number of methoxy groups -OCH3 is 3. The van der Waals surface area contributed by atoms with Crippen LogP contribution in [0.4, 0.5) is 5.69 Å². The first kappa shape index (κ1) is 24.7. The van der Waals surface area contributed by atoms with Crippen molar-refractivity contribution in [2.45, 2.75) is 6.42 Å². The molecule has 0 aromatic heterocycles. The quantitative estimate of drug-likeness (QED) is 0.461. The lowest BCUT2D eigenvalue weighted by atomic mass is 10.1. The number of rotatable bonds is 9. The molecule has 0 unspecified atom stereocenters. The van der Waals surface area contributed by atoms with Crippen LogP contribution in [0.2, 0.25) is 0 Å². The smallest absolute Gasteiger partial charge is 0.294 e. The number of amides is 2. The number of nitrogens with zero attached hydrogens (tertiary/aromatic N) is 1. The summed E-state index contributed by atoms with van der Waals surface area (Å²) in [5, 5.41) is 2.89. The van der Waals surface area contributed by atoms with Crippen molar-refractivity contribution in [1.82, 2.24) is 5.32 Å². The number of anilines is 1. The van der Waals surface area contributed by atoms with Crippen LogP contribution in [0.3, 0.4) is 0 Å². The second-order valence-corrected chi connectivity index (χ2v) is 8.04. The molecule has 0 atom stereocenters. The maximum atomic E-state index is 13.3. The van der Waals surface area contributed by atoms with E-state index < -0.39 is 5.91 Å². The number of fused-ring (bicyclic) bond motifs is 1. The average molecular weight is 489 g/mol. The topological polar surface area (TPSA) is 86.3 Å². The molecular weight excluding hydrogens is 460 g/mol. The highest BCUT2D eigenvalue weighted by atomic mass is 16.5. The van der Waals surface area contributed by atoms with Crippen molar-refractivity contribution in [2.75, 3.05) is 39.3 Å². The Morgan fingerprint density at radius 3 is 2.53 bits per heavy atom. The van der Waals surface area contributed by atoms with Gasteiger partial charge in [0.25, 0.3) is 5.91 Å². The summed E-state index contributed by atoms with van der Waals surface area (Å²) in [7, 11) is 4.74. The molecule has 4 rings (SSSR count). The zero-order chi connectivity index (χ0) is 25.5. The molecule has 0 radical (unpaired) electrons. The van der Waals surface area contributed by atoms with Gasteiger partial charge in [-0.2, -0.15) is 0 Å². The predicted octanol–water partition coefficient (Wildman–Crippen LogP) is 3.84. The van der Waals surface area contributed by atoms with Crippen molar-refractivity contribution in [3.8, 4) is 23.0 Å². The average Bonchev–Trinajstić information content (AvgIpc) is 2.91. The van der Waals surface area contributed by atoms with E-state index >= 15 is 0 Å². The van der Waals surface area contributed by atoms with Crippen molar-refractivity contribution in [2.24, 2.45) is 0 Å². The summed E-state index contributed by atoms with van der Waals surface area (Å²) in [6.07, 6.45) is 2.24. The second-order valence-electron chi connectivity index (χ2n) is 8.04. The van der Waals surface area contributed by atoms with E-state index in [4.69, 9.17) is 18.9 Å². The Hall–Kier alpha value is -4.46. The Morgan fingerprint density at radius 2 is 1.75 bits per heavy atom. The van der Waals surface area contributed by atoms with Gasteiger partial charge in [0, 0.05) is 6.54 Å². The van der Waals surface area contributed by atoms with E-state index in [-0.39, 0.29) is 18.2 Å². The van der Waals surface area contributed by atoms with E-state index in [2.05, 4.69) is 5.32 Å². The van der Waals surface area contributed by atoms with E-state index in [9.17, 15) is 9.59 Å². The fraction of sp³-hybridized carbons (Fsp3) is 0.214. The summed E-state index contributed by atoms with van der Waals surface area (Å²) in [6, 6.07) is 20.1. The minimum atomic E-state index is -0.397. The highest BCUT2D eigenvalue weighted by Crippen LogP contribution is 2.35. The lowest BCUT2D eigenvalue weighted by Crippen LogP contribution is -2.44. The summed E-state index contributed by atoms with van der Waals surface area (Å²) < 4.78 is 21.7. The van der Waals surface area contributed by atoms with Gasteiger partial charge in [-0.05, 0) is 60.0 Å². The minimum absolute atomic E-state index is 0.125. The van der Waals surface area contributed by atoms with Gasteiger partial charge in [-0.3, -0.25) is 14.5 Å². The Labute approximate surface area is 210 Å². The molecule has 0 spiro atoms. The molecule has 1 aliphatic rings. The molecule has 0 aliphatic carbocycles. The van der Waals surface area contributed by atoms with E-state index in [1.807, 2.05) is 42.5 Å². The van der Waals surface area contributed by atoms with Crippen molar-refractivity contribution < 1.29 is 28.5 Å². The third-order valence-electron chi connectivity index (χ3n) is 5.71.